The zero-order valence-corrected chi connectivity index (χ0v) is 11.1. The molecule has 20 heavy (non-hydrogen) atoms. The second-order valence-electron chi connectivity index (χ2n) is 3.74. The van der Waals surface area contributed by atoms with E-state index in [2.05, 4.69) is 15.4 Å². The average Bonchev–Trinajstić information content (AvgIpc) is 2.40. The molecule has 2 aromatic rings. The highest BCUT2D eigenvalue weighted by Gasteiger charge is 2.22. The number of halogens is 1. The number of aryl methyl sites for hydroxylation is 1. The largest absolute Gasteiger partial charge is 0.322 e. The molecule has 0 amide bonds. The Balaban J connectivity index is 2.45. The van der Waals surface area contributed by atoms with Crippen molar-refractivity contribution in [1.82, 2.24) is 9.97 Å². The number of hydrazine groups is 1. The van der Waals surface area contributed by atoms with Crippen molar-refractivity contribution in [1.29, 1.82) is 0 Å². The number of nitrogens with zero attached hydrogens (tertiary/aromatic N) is 3. The minimum absolute atomic E-state index is 0.0812. The maximum absolute atomic E-state index is 12.8. The fourth-order valence-corrected chi connectivity index (χ4v) is 2.45. The Morgan fingerprint density at radius 1 is 1.35 bits per heavy atom. The molecule has 0 aliphatic heterocycles. The molecule has 0 unspecified atom stereocenters. The van der Waals surface area contributed by atoms with Crippen LogP contribution in [0, 0.1) is 22.9 Å². The van der Waals surface area contributed by atoms with Crippen molar-refractivity contribution in [3.8, 4) is 0 Å². The number of hydrogen-bond donors (Lipinski definition) is 2. The lowest BCUT2D eigenvalue weighted by Crippen LogP contribution is -2.12. The summed E-state index contributed by atoms with van der Waals surface area (Å²) in [4.78, 5) is 19.0. The van der Waals surface area contributed by atoms with Crippen LogP contribution in [0.4, 0.5) is 16.0 Å². The number of nitrogens with two attached hydrogens (primary N) is 1. The lowest BCUT2D eigenvalue weighted by Gasteiger charge is -2.06. The van der Waals surface area contributed by atoms with Gasteiger partial charge in [0.05, 0.1) is 4.92 Å². The molecule has 0 aliphatic rings. The molecule has 0 aliphatic carbocycles. The average molecular weight is 295 g/mol. The molecule has 1 heterocycles. The number of anilines is 1. The second-order valence-corrected chi connectivity index (χ2v) is 4.81. The van der Waals surface area contributed by atoms with E-state index in [-0.39, 0.29) is 28.2 Å². The Hall–Kier alpha value is -2.26. The van der Waals surface area contributed by atoms with Gasteiger partial charge in [-0.15, -0.1) is 0 Å². The maximum atomic E-state index is 12.8. The van der Waals surface area contributed by atoms with Gasteiger partial charge in [0.15, 0.2) is 5.03 Å². The van der Waals surface area contributed by atoms with E-state index in [1.54, 1.807) is 0 Å². The van der Waals surface area contributed by atoms with Gasteiger partial charge in [0.1, 0.15) is 11.5 Å². The second kappa shape index (κ2) is 5.80. The molecule has 0 bridgehead atoms. The molecule has 0 fully saturated rings. The third-order valence-electron chi connectivity index (χ3n) is 2.37. The van der Waals surface area contributed by atoms with Gasteiger partial charge in [-0.3, -0.25) is 15.5 Å². The van der Waals surface area contributed by atoms with Crippen molar-refractivity contribution in [2.45, 2.75) is 16.8 Å². The number of nitrogens with one attached hydrogen (secondary N) is 1. The van der Waals surface area contributed by atoms with E-state index in [0.717, 1.165) is 11.8 Å². The monoisotopic (exact) mass is 295 g/mol. The summed E-state index contributed by atoms with van der Waals surface area (Å²) in [6, 6.07) is 5.56. The molecule has 3 N–H and O–H groups in total. The number of nitro groups is 1. The molecule has 1 aromatic heterocycles. The quantitative estimate of drug-likeness (QED) is 0.385. The standard InChI is InChI=1S/C11H10FN5O2S/c1-6-9(17(18)19)10(15-11(14-6)16-13)20-8-4-2-7(12)3-5-8/h2-5H,13H2,1H3,(H,14,15,16). The minimum Gasteiger partial charge on any atom is -0.292 e. The van der Waals surface area contributed by atoms with Crippen LogP contribution in [0.1, 0.15) is 5.69 Å². The van der Waals surface area contributed by atoms with Crippen molar-refractivity contribution in [2.24, 2.45) is 5.84 Å². The van der Waals surface area contributed by atoms with Gasteiger partial charge in [0.25, 0.3) is 0 Å². The summed E-state index contributed by atoms with van der Waals surface area (Å²) in [5.74, 6) is 4.92. The molecular formula is C11H10FN5O2S. The lowest BCUT2D eigenvalue weighted by atomic mass is 10.3. The van der Waals surface area contributed by atoms with Gasteiger partial charge in [-0.25, -0.2) is 15.2 Å². The van der Waals surface area contributed by atoms with Crippen LogP contribution in [0.15, 0.2) is 34.2 Å². The van der Waals surface area contributed by atoms with Gasteiger partial charge in [0, 0.05) is 4.90 Å². The van der Waals surface area contributed by atoms with Gasteiger partial charge < -0.3 is 0 Å². The number of nitrogen functional groups attached to an aromatic ring is 1. The van der Waals surface area contributed by atoms with Gasteiger partial charge in [0.2, 0.25) is 5.95 Å². The first kappa shape index (κ1) is 14.2. The van der Waals surface area contributed by atoms with Crippen molar-refractivity contribution < 1.29 is 9.31 Å². The zero-order valence-electron chi connectivity index (χ0n) is 10.3. The predicted octanol–water partition coefficient (Wildman–Crippen LogP) is 2.27. The van der Waals surface area contributed by atoms with E-state index in [4.69, 9.17) is 5.84 Å². The number of rotatable bonds is 4. The molecule has 2 rings (SSSR count). The van der Waals surface area contributed by atoms with Crippen LogP contribution in [0.2, 0.25) is 0 Å². The van der Waals surface area contributed by atoms with E-state index >= 15 is 0 Å². The van der Waals surface area contributed by atoms with E-state index in [1.807, 2.05) is 0 Å². The summed E-state index contributed by atoms with van der Waals surface area (Å²) in [6.45, 7) is 1.50. The molecule has 104 valence electrons. The third-order valence-corrected chi connectivity index (χ3v) is 3.35. The highest BCUT2D eigenvalue weighted by Crippen LogP contribution is 2.35. The van der Waals surface area contributed by atoms with Crippen LogP contribution >= 0.6 is 11.8 Å². The summed E-state index contributed by atoms with van der Waals surface area (Å²) >= 11 is 1.04. The highest BCUT2D eigenvalue weighted by molar-refractivity contribution is 7.99. The Kier molecular flexibility index (Phi) is 4.11. The number of benzene rings is 1. The zero-order chi connectivity index (χ0) is 14.7. The van der Waals surface area contributed by atoms with Crippen molar-refractivity contribution in [3.05, 3.63) is 45.9 Å². The summed E-state index contributed by atoms with van der Waals surface area (Å²) in [6.07, 6.45) is 0. The maximum Gasteiger partial charge on any atom is 0.322 e. The molecule has 0 saturated carbocycles. The summed E-state index contributed by atoms with van der Waals surface area (Å²) in [5.41, 5.74) is 2.25. The smallest absolute Gasteiger partial charge is 0.292 e. The van der Waals surface area contributed by atoms with Gasteiger partial charge in [-0.05, 0) is 31.2 Å². The van der Waals surface area contributed by atoms with E-state index in [9.17, 15) is 14.5 Å². The summed E-state index contributed by atoms with van der Waals surface area (Å²) < 4.78 is 12.8. The Bertz CT molecular complexity index is 650. The fraction of sp³-hybridized carbons (Fsp3) is 0.0909. The van der Waals surface area contributed by atoms with Crippen LogP contribution in [0.25, 0.3) is 0 Å². The fourth-order valence-electron chi connectivity index (χ4n) is 1.50. The summed E-state index contributed by atoms with van der Waals surface area (Å²) in [7, 11) is 0. The highest BCUT2D eigenvalue weighted by atomic mass is 32.2. The first-order valence-corrected chi connectivity index (χ1v) is 6.26. The van der Waals surface area contributed by atoms with Crippen LogP contribution in [0.3, 0.4) is 0 Å². The number of aromatic nitrogens is 2. The van der Waals surface area contributed by atoms with Gasteiger partial charge in [-0.2, -0.15) is 4.98 Å². The van der Waals surface area contributed by atoms with Gasteiger partial charge >= 0.3 is 5.69 Å². The van der Waals surface area contributed by atoms with E-state index in [1.165, 1.54) is 31.2 Å². The molecule has 0 saturated heterocycles. The van der Waals surface area contributed by atoms with Crippen LogP contribution < -0.4 is 11.3 Å². The minimum atomic E-state index is -0.554. The topological polar surface area (TPSA) is 107 Å². The predicted molar refractivity (Wildman–Crippen MR) is 71.8 cm³/mol. The normalized spacial score (nSPS) is 10.3. The van der Waals surface area contributed by atoms with E-state index in [0.29, 0.717) is 4.90 Å². The first-order chi connectivity index (χ1) is 9.51. The lowest BCUT2D eigenvalue weighted by molar-refractivity contribution is -0.389. The molecule has 0 radical (unpaired) electrons. The molecule has 7 nitrogen and oxygen atoms in total. The molecular weight excluding hydrogens is 285 g/mol. The number of hydrogen-bond acceptors (Lipinski definition) is 7. The molecule has 9 heteroatoms. The van der Waals surface area contributed by atoms with E-state index < -0.39 is 4.92 Å². The molecule has 0 spiro atoms. The Labute approximate surface area is 117 Å². The SMILES string of the molecule is Cc1nc(NN)nc(Sc2ccc(F)cc2)c1[N+](=O)[O-]. The van der Waals surface area contributed by atoms with Crippen molar-refractivity contribution in [2.75, 3.05) is 5.43 Å². The van der Waals surface area contributed by atoms with Crippen LogP contribution in [-0.2, 0) is 0 Å². The van der Waals surface area contributed by atoms with Crippen LogP contribution in [-0.4, -0.2) is 14.9 Å². The van der Waals surface area contributed by atoms with Crippen LogP contribution in [0.5, 0.6) is 0 Å². The Morgan fingerprint density at radius 3 is 2.55 bits per heavy atom. The van der Waals surface area contributed by atoms with Crippen molar-refractivity contribution >= 4 is 23.4 Å². The molecule has 0 atom stereocenters. The molecule has 1 aromatic carbocycles. The third kappa shape index (κ3) is 3.00. The van der Waals surface area contributed by atoms with Crippen molar-refractivity contribution in [3.63, 3.8) is 0 Å². The van der Waals surface area contributed by atoms with Gasteiger partial charge in [-0.1, -0.05) is 11.8 Å². The Morgan fingerprint density at radius 2 is 2.00 bits per heavy atom. The summed E-state index contributed by atoms with van der Waals surface area (Å²) in [5, 5.41) is 11.2. The first-order valence-electron chi connectivity index (χ1n) is 5.44.